The van der Waals surface area contributed by atoms with Gasteiger partial charge in [-0.05, 0) is 38.1 Å². The summed E-state index contributed by atoms with van der Waals surface area (Å²) in [5.41, 5.74) is 1.61. The Hall–Kier alpha value is -3.07. The van der Waals surface area contributed by atoms with Gasteiger partial charge in [-0.1, -0.05) is 0 Å². The van der Waals surface area contributed by atoms with Gasteiger partial charge in [-0.15, -0.1) is 0 Å². The number of amides is 1. The SMILES string of the molecule is CNC(=O)c1c(-c2ccc(F)cc2)oc2cc(N(C)S(C)(=O)=O)c3c(c12)CC(C)(C)O3. The van der Waals surface area contributed by atoms with E-state index in [2.05, 4.69) is 5.32 Å². The Bertz CT molecular complexity index is 1310. The maximum Gasteiger partial charge on any atom is 0.255 e. The second-order valence-electron chi connectivity index (χ2n) is 8.24. The minimum absolute atomic E-state index is 0.278. The van der Waals surface area contributed by atoms with E-state index >= 15 is 0 Å². The summed E-state index contributed by atoms with van der Waals surface area (Å²) in [4.78, 5) is 12.9. The van der Waals surface area contributed by atoms with E-state index in [0.29, 0.717) is 45.5 Å². The number of sulfonamides is 1. The van der Waals surface area contributed by atoms with Crippen LogP contribution in [0.1, 0.15) is 29.8 Å². The average Bonchev–Trinajstić information content (AvgIpc) is 3.22. The van der Waals surface area contributed by atoms with Crippen molar-refractivity contribution in [3.05, 3.63) is 47.3 Å². The van der Waals surface area contributed by atoms with Crippen LogP contribution in [-0.4, -0.2) is 40.3 Å². The molecule has 0 atom stereocenters. The number of halogens is 1. The predicted octanol–water partition coefficient (Wildman–Crippen LogP) is 3.71. The van der Waals surface area contributed by atoms with E-state index < -0.39 is 21.4 Å². The second-order valence-corrected chi connectivity index (χ2v) is 10.3. The van der Waals surface area contributed by atoms with Crippen molar-refractivity contribution in [2.24, 2.45) is 0 Å². The van der Waals surface area contributed by atoms with Crippen molar-refractivity contribution < 1.29 is 26.8 Å². The lowest BCUT2D eigenvalue weighted by atomic mass is 9.95. The number of furan rings is 1. The van der Waals surface area contributed by atoms with E-state index in [1.54, 1.807) is 6.07 Å². The summed E-state index contributed by atoms with van der Waals surface area (Å²) in [7, 11) is -0.619. The summed E-state index contributed by atoms with van der Waals surface area (Å²) in [6.07, 6.45) is 1.56. The van der Waals surface area contributed by atoms with Crippen LogP contribution in [0.15, 0.2) is 34.7 Å². The quantitative estimate of drug-likeness (QED) is 0.660. The first-order valence-corrected chi connectivity index (χ1v) is 11.5. The zero-order valence-corrected chi connectivity index (χ0v) is 18.7. The highest BCUT2D eigenvalue weighted by Gasteiger charge is 2.38. The van der Waals surface area contributed by atoms with Gasteiger partial charge < -0.3 is 14.5 Å². The molecule has 1 aliphatic heterocycles. The van der Waals surface area contributed by atoms with Gasteiger partial charge in [-0.3, -0.25) is 9.10 Å². The Morgan fingerprint density at radius 2 is 1.87 bits per heavy atom. The summed E-state index contributed by atoms with van der Waals surface area (Å²) in [5, 5.41) is 3.19. The molecule has 1 N–H and O–H groups in total. The molecule has 0 bridgehead atoms. The third-order valence-electron chi connectivity index (χ3n) is 5.39. The van der Waals surface area contributed by atoms with Gasteiger partial charge in [-0.25, -0.2) is 12.8 Å². The third-order valence-corrected chi connectivity index (χ3v) is 6.58. The van der Waals surface area contributed by atoms with Crippen LogP contribution < -0.4 is 14.4 Å². The Morgan fingerprint density at radius 1 is 1.23 bits per heavy atom. The lowest BCUT2D eigenvalue weighted by Crippen LogP contribution is -2.27. The largest absolute Gasteiger partial charge is 0.485 e. The number of rotatable bonds is 4. The first kappa shape index (κ1) is 21.2. The average molecular weight is 447 g/mol. The van der Waals surface area contributed by atoms with Crippen molar-refractivity contribution in [3.8, 4) is 17.1 Å². The number of nitrogens with one attached hydrogen (secondary N) is 1. The van der Waals surface area contributed by atoms with Crippen molar-refractivity contribution in [1.29, 1.82) is 0 Å². The molecule has 1 aromatic heterocycles. The van der Waals surface area contributed by atoms with E-state index in [0.717, 1.165) is 10.6 Å². The van der Waals surface area contributed by atoms with Gasteiger partial charge in [0.25, 0.3) is 5.91 Å². The molecule has 4 rings (SSSR count). The zero-order valence-electron chi connectivity index (χ0n) is 17.9. The maximum absolute atomic E-state index is 13.5. The molecule has 2 aromatic carbocycles. The highest BCUT2D eigenvalue weighted by atomic mass is 32.2. The van der Waals surface area contributed by atoms with Gasteiger partial charge in [0.2, 0.25) is 10.0 Å². The molecule has 31 heavy (non-hydrogen) atoms. The van der Waals surface area contributed by atoms with Gasteiger partial charge in [-0.2, -0.15) is 0 Å². The molecule has 0 spiro atoms. The van der Waals surface area contributed by atoms with Crippen LogP contribution in [0.25, 0.3) is 22.3 Å². The predicted molar refractivity (Wildman–Crippen MR) is 117 cm³/mol. The molecular weight excluding hydrogens is 423 g/mol. The highest BCUT2D eigenvalue weighted by molar-refractivity contribution is 7.92. The minimum Gasteiger partial charge on any atom is -0.485 e. The zero-order chi connectivity index (χ0) is 22.7. The monoisotopic (exact) mass is 446 g/mol. The molecule has 3 aromatic rings. The van der Waals surface area contributed by atoms with Gasteiger partial charge in [0.05, 0.1) is 17.5 Å². The van der Waals surface area contributed by atoms with E-state index in [9.17, 15) is 17.6 Å². The van der Waals surface area contributed by atoms with Crippen molar-refractivity contribution >= 4 is 32.6 Å². The maximum atomic E-state index is 13.5. The van der Waals surface area contributed by atoms with Crippen LogP contribution in [0.2, 0.25) is 0 Å². The molecule has 0 unspecified atom stereocenters. The molecule has 0 saturated heterocycles. The minimum atomic E-state index is -3.57. The van der Waals surface area contributed by atoms with E-state index in [-0.39, 0.29) is 11.7 Å². The fourth-order valence-corrected chi connectivity index (χ4v) is 4.38. The standard InChI is InChI=1S/C22H23FN2O5S/c1-22(2)11-14-17-16(10-15(20(14)30-22)25(4)31(5,27)28)29-19(18(17)21(26)24-3)12-6-8-13(23)9-7-12/h6-10H,11H2,1-5H3,(H,24,26). The van der Waals surface area contributed by atoms with Crippen LogP contribution in [-0.2, 0) is 16.4 Å². The number of carbonyl (C=O) groups excluding carboxylic acids is 1. The Kier molecular flexibility index (Phi) is 4.77. The first-order valence-electron chi connectivity index (χ1n) is 9.66. The topological polar surface area (TPSA) is 88.9 Å². The fraction of sp³-hybridized carbons (Fsp3) is 0.318. The lowest BCUT2D eigenvalue weighted by Gasteiger charge is -2.22. The summed E-state index contributed by atoms with van der Waals surface area (Å²) in [5.74, 6) is -0.0916. The van der Waals surface area contributed by atoms with Gasteiger partial charge in [0.1, 0.15) is 28.5 Å². The van der Waals surface area contributed by atoms with E-state index in [1.165, 1.54) is 38.4 Å². The lowest BCUT2D eigenvalue weighted by molar-refractivity contribution is 0.0964. The Balaban J connectivity index is 2.10. The molecule has 0 saturated carbocycles. The third kappa shape index (κ3) is 3.52. The van der Waals surface area contributed by atoms with Crippen molar-refractivity contribution in [2.45, 2.75) is 25.9 Å². The molecular formula is C22H23FN2O5S. The molecule has 1 amide bonds. The number of carbonyl (C=O) groups is 1. The number of hydrogen-bond donors (Lipinski definition) is 1. The molecule has 2 heterocycles. The normalized spacial score (nSPS) is 14.9. The molecule has 1 aliphatic rings. The number of anilines is 1. The summed E-state index contributed by atoms with van der Waals surface area (Å²) < 4.78 is 51.3. The van der Waals surface area contributed by atoms with E-state index in [1.807, 2.05) is 13.8 Å². The second kappa shape index (κ2) is 6.98. The highest BCUT2D eigenvalue weighted by Crippen LogP contribution is 2.49. The number of nitrogens with zero attached hydrogens (tertiary/aromatic N) is 1. The number of ether oxygens (including phenoxy) is 1. The number of hydrogen-bond acceptors (Lipinski definition) is 5. The summed E-state index contributed by atoms with van der Waals surface area (Å²) in [6, 6.07) is 7.20. The summed E-state index contributed by atoms with van der Waals surface area (Å²) in [6.45, 7) is 3.78. The van der Waals surface area contributed by atoms with Gasteiger partial charge in [0.15, 0.2) is 0 Å². The van der Waals surface area contributed by atoms with Crippen LogP contribution >= 0.6 is 0 Å². The van der Waals surface area contributed by atoms with E-state index in [4.69, 9.17) is 9.15 Å². The molecule has 0 aliphatic carbocycles. The van der Waals surface area contributed by atoms with Gasteiger partial charge in [0, 0.05) is 43.1 Å². The molecule has 9 heteroatoms. The molecule has 7 nitrogen and oxygen atoms in total. The van der Waals surface area contributed by atoms with Crippen molar-refractivity contribution in [2.75, 3.05) is 24.7 Å². The van der Waals surface area contributed by atoms with Crippen LogP contribution in [0.4, 0.5) is 10.1 Å². The van der Waals surface area contributed by atoms with Crippen molar-refractivity contribution in [1.82, 2.24) is 5.32 Å². The number of fused-ring (bicyclic) bond motifs is 3. The van der Waals surface area contributed by atoms with Gasteiger partial charge >= 0.3 is 0 Å². The Morgan fingerprint density at radius 3 is 2.45 bits per heavy atom. The molecule has 0 fully saturated rings. The van der Waals surface area contributed by atoms with Crippen LogP contribution in [0.3, 0.4) is 0 Å². The smallest absolute Gasteiger partial charge is 0.255 e. The first-order chi connectivity index (χ1) is 14.4. The summed E-state index contributed by atoms with van der Waals surface area (Å²) >= 11 is 0. The molecule has 0 radical (unpaired) electrons. The number of benzene rings is 2. The van der Waals surface area contributed by atoms with Crippen molar-refractivity contribution in [3.63, 3.8) is 0 Å². The van der Waals surface area contributed by atoms with Crippen LogP contribution in [0, 0.1) is 5.82 Å². The van der Waals surface area contributed by atoms with Crippen LogP contribution in [0.5, 0.6) is 5.75 Å². The fourth-order valence-electron chi connectivity index (χ4n) is 3.89. The molecule has 164 valence electrons. The Labute approximate surface area is 179 Å².